The first-order valence-corrected chi connectivity index (χ1v) is 9.59. The van der Waals surface area contributed by atoms with Crippen molar-refractivity contribution in [3.05, 3.63) is 65.4 Å². The number of carbonyl (C=O) groups is 1. The minimum atomic E-state index is -0.326. The molecule has 148 valence electrons. The fourth-order valence-corrected chi connectivity index (χ4v) is 3.81. The number of para-hydroxylation sites is 2. The van der Waals surface area contributed by atoms with E-state index < -0.39 is 0 Å². The molecule has 0 aliphatic carbocycles. The molecule has 0 unspecified atom stereocenters. The van der Waals surface area contributed by atoms with E-state index in [2.05, 4.69) is 37.9 Å². The SMILES string of the molecule is COc1ccccc1C[C@@H](C)N(C)Cc1c(C)n(CC(N)=O)c2ccccc12. The number of nitrogens with zero attached hydrogens (tertiary/aromatic N) is 2. The number of hydrogen-bond acceptors (Lipinski definition) is 3. The van der Waals surface area contributed by atoms with Gasteiger partial charge < -0.3 is 15.0 Å². The van der Waals surface area contributed by atoms with Crippen molar-refractivity contribution in [2.75, 3.05) is 14.2 Å². The highest BCUT2D eigenvalue weighted by Crippen LogP contribution is 2.28. The number of ether oxygens (including phenoxy) is 1. The Bertz CT molecular complexity index is 977. The van der Waals surface area contributed by atoms with E-state index >= 15 is 0 Å². The molecular formula is C23H29N3O2. The van der Waals surface area contributed by atoms with E-state index in [0.29, 0.717) is 6.04 Å². The number of amides is 1. The Kier molecular flexibility index (Phi) is 6.05. The molecule has 2 aromatic carbocycles. The number of rotatable bonds is 8. The molecule has 28 heavy (non-hydrogen) atoms. The zero-order chi connectivity index (χ0) is 20.3. The van der Waals surface area contributed by atoms with Crippen molar-refractivity contribution in [1.82, 2.24) is 9.47 Å². The lowest BCUT2D eigenvalue weighted by atomic mass is 10.0. The molecule has 0 aliphatic rings. The Morgan fingerprint density at radius 2 is 1.86 bits per heavy atom. The van der Waals surface area contributed by atoms with Gasteiger partial charge in [0.05, 0.1) is 7.11 Å². The van der Waals surface area contributed by atoms with Crippen LogP contribution in [0.3, 0.4) is 0 Å². The molecule has 0 radical (unpaired) electrons. The van der Waals surface area contributed by atoms with Crippen LogP contribution in [-0.4, -0.2) is 35.6 Å². The summed E-state index contributed by atoms with van der Waals surface area (Å²) in [5.74, 6) is 0.602. The average Bonchev–Trinajstić information content (AvgIpc) is 2.94. The summed E-state index contributed by atoms with van der Waals surface area (Å²) >= 11 is 0. The van der Waals surface area contributed by atoms with Crippen LogP contribution in [0.25, 0.3) is 10.9 Å². The number of nitrogens with two attached hydrogens (primary N) is 1. The summed E-state index contributed by atoms with van der Waals surface area (Å²) in [6.45, 7) is 5.29. The average molecular weight is 380 g/mol. The first-order valence-electron chi connectivity index (χ1n) is 9.59. The summed E-state index contributed by atoms with van der Waals surface area (Å²) in [5.41, 5.74) is 10.1. The Labute approximate surface area is 166 Å². The second-order valence-electron chi connectivity index (χ2n) is 7.41. The maximum Gasteiger partial charge on any atom is 0.237 e. The number of hydrogen-bond donors (Lipinski definition) is 1. The number of carbonyl (C=O) groups excluding carboxylic acids is 1. The van der Waals surface area contributed by atoms with Crippen LogP contribution in [0.5, 0.6) is 5.75 Å². The number of fused-ring (bicyclic) bond motifs is 1. The molecule has 1 heterocycles. The molecule has 5 nitrogen and oxygen atoms in total. The van der Waals surface area contributed by atoms with Gasteiger partial charge in [-0.05, 0) is 50.6 Å². The van der Waals surface area contributed by atoms with Crippen LogP contribution in [0, 0.1) is 6.92 Å². The second kappa shape index (κ2) is 8.48. The fraction of sp³-hybridized carbons (Fsp3) is 0.348. The van der Waals surface area contributed by atoms with Crippen molar-refractivity contribution in [3.63, 3.8) is 0 Å². The predicted molar refractivity (Wildman–Crippen MR) is 113 cm³/mol. The topological polar surface area (TPSA) is 60.5 Å². The smallest absolute Gasteiger partial charge is 0.237 e. The van der Waals surface area contributed by atoms with E-state index in [4.69, 9.17) is 10.5 Å². The third kappa shape index (κ3) is 4.04. The number of benzene rings is 2. The summed E-state index contributed by atoms with van der Waals surface area (Å²) in [5, 5.41) is 1.18. The lowest BCUT2D eigenvalue weighted by molar-refractivity contribution is -0.118. The van der Waals surface area contributed by atoms with Crippen LogP contribution in [0.1, 0.15) is 23.7 Å². The van der Waals surface area contributed by atoms with Crippen LogP contribution in [0.15, 0.2) is 48.5 Å². The van der Waals surface area contributed by atoms with Gasteiger partial charge in [-0.1, -0.05) is 36.4 Å². The number of likely N-dealkylation sites (N-methyl/N-ethyl adjacent to an activating group) is 1. The Balaban J connectivity index is 1.85. The van der Waals surface area contributed by atoms with Gasteiger partial charge in [0.1, 0.15) is 12.3 Å². The van der Waals surface area contributed by atoms with Gasteiger partial charge in [0.15, 0.2) is 0 Å². The van der Waals surface area contributed by atoms with Gasteiger partial charge in [0.25, 0.3) is 0 Å². The summed E-state index contributed by atoms with van der Waals surface area (Å²) in [4.78, 5) is 13.9. The van der Waals surface area contributed by atoms with E-state index in [1.807, 2.05) is 41.0 Å². The summed E-state index contributed by atoms with van der Waals surface area (Å²) < 4.78 is 7.52. The molecule has 1 aromatic heterocycles. The van der Waals surface area contributed by atoms with Crippen molar-refractivity contribution in [2.24, 2.45) is 5.73 Å². The fourth-order valence-electron chi connectivity index (χ4n) is 3.81. The van der Waals surface area contributed by atoms with Gasteiger partial charge >= 0.3 is 0 Å². The van der Waals surface area contributed by atoms with Crippen LogP contribution in [0.2, 0.25) is 0 Å². The number of methoxy groups -OCH3 is 1. The molecule has 1 atom stereocenters. The van der Waals surface area contributed by atoms with Crippen molar-refractivity contribution in [3.8, 4) is 5.75 Å². The molecular weight excluding hydrogens is 350 g/mol. The zero-order valence-electron chi connectivity index (χ0n) is 17.1. The molecule has 0 fully saturated rings. The first kappa shape index (κ1) is 20.0. The van der Waals surface area contributed by atoms with Crippen LogP contribution in [-0.2, 0) is 24.3 Å². The highest BCUT2D eigenvalue weighted by atomic mass is 16.5. The van der Waals surface area contributed by atoms with E-state index in [1.54, 1.807) is 7.11 Å². The van der Waals surface area contributed by atoms with E-state index in [-0.39, 0.29) is 12.5 Å². The summed E-state index contributed by atoms with van der Waals surface area (Å²) in [6, 6.07) is 16.7. The second-order valence-corrected chi connectivity index (χ2v) is 7.41. The van der Waals surface area contributed by atoms with Crippen molar-refractivity contribution in [1.29, 1.82) is 0 Å². The van der Waals surface area contributed by atoms with Gasteiger partial charge in [0, 0.05) is 29.2 Å². The number of aromatic nitrogens is 1. The van der Waals surface area contributed by atoms with E-state index in [9.17, 15) is 4.79 Å². The Hall–Kier alpha value is -2.79. The highest BCUT2D eigenvalue weighted by Gasteiger charge is 2.19. The molecule has 0 spiro atoms. The Morgan fingerprint density at radius 3 is 2.57 bits per heavy atom. The van der Waals surface area contributed by atoms with Crippen molar-refractivity contribution < 1.29 is 9.53 Å². The molecule has 2 N–H and O–H groups in total. The predicted octanol–water partition coefficient (Wildman–Crippen LogP) is 3.51. The molecule has 0 saturated heterocycles. The standard InChI is InChI=1S/C23H29N3O2/c1-16(13-18-9-5-8-12-22(18)28-4)25(3)14-20-17(2)26(15-23(24)27)21-11-7-6-10-19(20)21/h5-12,16H,13-15H2,1-4H3,(H2,24,27)/t16-/m1/s1. The molecule has 0 saturated carbocycles. The van der Waals surface area contributed by atoms with Gasteiger partial charge in [-0.2, -0.15) is 0 Å². The van der Waals surface area contributed by atoms with Gasteiger partial charge in [0.2, 0.25) is 5.91 Å². The zero-order valence-corrected chi connectivity index (χ0v) is 17.1. The minimum absolute atomic E-state index is 0.201. The van der Waals surface area contributed by atoms with Crippen LogP contribution < -0.4 is 10.5 Å². The molecule has 1 amide bonds. The number of primary amides is 1. The molecule has 3 aromatic rings. The normalized spacial score (nSPS) is 12.5. The summed E-state index contributed by atoms with van der Waals surface area (Å²) in [6.07, 6.45) is 0.902. The van der Waals surface area contributed by atoms with Gasteiger partial charge in [-0.25, -0.2) is 0 Å². The largest absolute Gasteiger partial charge is 0.496 e. The van der Waals surface area contributed by atoms with Crippen molar-refractivity contribution >= 4 is 16.8 Å². The van der Waals surface area contributed by atoms with E-state index in [1.165, 1.54) is 16.5 Å². The molecule has 0 aliphatic heterocycles. The van der Waals surface area contributed by atoms with Gasteiger partial charge in [-0.3, -0.25) is 9.69 Å². The van der Waals surface area contributed by atoms with E-state index in [0.717, 1.165) is 29.9 Å². The molecule has 0 bridgehead atoms. The highest BCUT2D eigenvalue weighted by molar-refractivity contribution is 5.87. The van der Waals surface area contributed by atoms with Crippen molar-refractivity contribution in [2.45, 2.75) is 39.4 Å². The molecule has 3 rings (SSSR count). The Morgan fingerprint density at radius 1 is 1.18 bits per heavy atom. The monoisotopic (exact) mass is 379 g/mol. The van der Waals surface area contributed by atoms with Crippen LogP contribution >= 0.6 is 0 Å². The third-order valence-corrected chi connectivity index (χ3v) is 5.54. The third-order valence-electron chi connectivity index (χ3n) is 5.54. The summed E-state index contributed by atoms with van der Waals surface area (Å²) in [7, 11) is 3.85. The maximum atomic E-state index is 11.5. The minimum Gasteiger partial charge on any atom is -0.496 e. The molecule has 5 heteroatoms. The van der Waals surface area contributed by atoms with Crippen LogP contribution in [0.4, 0.5) is 0 Å². The maximum absolute atomic E-state index is 11.5. The first-order chi connectivity index (χ1) is 13.4. The quantitative estimate of drug-likeness (QED) is 0.652. The van der Waals surface area contributed by atoms with Gasteiger partial charge in [-0.15, -0.1) is 0 Å². The lowest BCUT2D eigenvalue weighted by Crippen LogP contribution is -2.30. The lowest BCUT2D eigenvalue weighted by Gasteiger charge is -2.25.